The van der Waals surface area contributed by atoms with Crippen LogP contribution in [0.1, 0.15) is 51.9 Å². The van der Waals surface area contributed by atoms with Crippen molar-refractivity contribution in [3.8, 4) is 0 Å². The lowest BCUT2D eigenvalue weighted by atomic mass is 9.81. The molecular formula is C15H28N2O2. The van der Waals surface area contributed by atoms with Gasteiger partial charge in [0, 0.05) is 13.1 Å². The molecule has 19 heavy (non-hydrogen) atoms. The van der Waals surface area contributed by atoms with Crippen LogP contribution in [0.15, 0.2) is 0 Å². The number of amides is 1. The van der Waals surface area contributed by atoms with E-state index in [-0.39, 0.29) is 17.4 Å². The quantitative estimate of drug-likeness (QED) is 0.707. The molecule has 0 aromatic heterocycles. The summed E-state index contributed by atoms with van der Waals surface area (Å²) in [6.07, 6.45) is 6.76. The summed E-state index contributed by atoms with van der Waals surface area (Å²) in [5.74, 6) is 0.797. The zero-order valence-corrected chi connectivity index (χ0v) is 12.1. The smallest absolute Gasteiger partial charge is 0.227 e. The number of hydrogen-bond donors (Lipinski definition) is 3. The zero-order valence-electron chi connectivity index (χ0n) is 12.1. The molecule has 4 heteroatoms. The number of carbonyl (C=O) groups is 1. The maximum atomic E-state index is 12.5. The Bertz CT molecular complexity index is 293. The van der Waals surface area contributed by atoms with Gasteiger partial charge in [0.25, 0.3) is 0 Å². The molecule has 0 spiro atoms. The molecule has 1 aliphatic carbocycles. The molecular weight excluding hydrogens is 240 g/mol. The van der Waals surface area contributed by atoms with Gasteiger partial charge in [0.05, 0.1) is 11.5 Å². The highest BCUT2D eigenvalue weighted by Gasteiger charge is 2.40. The molecule has 2 fully saturated rings. The first-order valence-electron chi connectivity index (χ1n) is 7.83. The number of rotatable bonds is 5. The molecule has 2 aliphatic rings. The average molecular weight is 268 g/mol. The second-order valence-corrected chi connectivity index (χ2v) is 6.34. The van der Waals surface area contributed by atoms with Crippen molar-refractivity contribution in [2.75, 3.05) is 19.6 Å². The van der Waals surface area contributed by atoms with E-state index in [4.69, 9.17) is 0 Å². The first kappa shape index (κ1) is 14.8. The Kier molecular flexibility index (Phi) is 5.22. The molecule has 1 unspecified atom stereocenters. The van der Waals surface area contributed by atoms with E-state index < -0.39 is 0 Å². The van der Waals surface area contributed by atoms with E-state index in [2.05, 4.69) is 17.6 Å². The Hall–Kier alpha value is -0.610. The largest absolute Gasteiger partial charge is 0.393 e. The van der Waals surface area contributed by atoms with Crippen LogP contribution in [0, 0.1) is 11.3 Å². The molecule has 0 aromatic carbocycles. The second-order valence-electron chi connectivity index (χ2n) is 6.34. The van der Waals surface area contributed by atoms with Gasteiger partial charge >= 0.3 is 0 Å². The zero-order chi connectivity index (χ0) is 13.7. The molecule has 4 nitrogen and oxygen atoms in total. The molecule has 3 N–H and O–H groups in total. The number of aliphatic hydroxyl groups excluding tert-OH is 1. The fraction of sp³-hybridized carbons (Fsp3) is 0.933. The number of hydrogen-bond acceptors (Lipinski definition) is 3. The van der Waals surface area contributed by atoms with Crippen LogP contribution in [0.3, 0.4) is 0 Å². The molecule has 1 atom stereocenters. The highest BCUT2D eigenvalue weighted by Crippen LogP contribution is 2.31. The lowest BCUT2D eigenvalue weighted by Gasteiger charge is -2.29. The van der Waals surface area contributed by atoms with Crippen LogP contribution in [0.25, 0.3) is 0 Å². The van der Waals surface area contributed by atoms with Gasteiger partial charge in [0.2, 0.25) is 5.91 Å². The Morgan fingerprint density at radius 2 is 2.11 bits per heavy atom. The summed E-state index contributed by atoms with van der Waals surface area (Å²) in [4.78, 5) is 12.5. The summed E-state index contributed by atoms with van der Waals surface area (Å²) in [5, 5.41) is 16.0. The van der Waals surface area contributed by atoms with E-state index in [1.807, 2.05) is 0 Å². The molecule has 0 bridgehead atoms. The first-order valence-corrected chi connectivity index (χ1v) is 7.83. The molecule has 1 heterocycles. The Balaban J connectivity index is 1.79. The van der Waals surface area contributed by atoms with Crippen molar-refractivity contribution in [1.82, 2.24) is 10.6 Å². The minimum atomic E-state index is -0.164. The standard InChI is InChI=1S/C15H28N2O2/c1-2-7-15(8-9-16-11-15)14(19)17-10-12-3-5-13(18)6-4-12/h12-13,16,18H,2-11H2,1H3,(H,17,19). The SMILES string of the molecule is CCCC1(C(=O)NCC2CCC(O)CC2)CCNC1. The molecule has 0 radical (unpaired) electrons. The molecule has 0 aromatic rings. The van der Waals surface area contributed by atoms with Crippen LogP contribution in [0.4, 0.5) is 0 Å². The van der Waals surface area contributed by atoms with Crippen LogP contribution in [-0.4, -0.2) is 36.8 Å². The predicted molar refractivity (Wildman–Crippen MR) is 75.8 cm³/mol. The van der Waals surface area contributed by atoms with E-state index in [1.165, 1.54) is 0 Å². The fourth-order valence-corrected chi connectivity index (χ4v) is 3.52. The van der Waals surface area contributed by atoms with Crippen molar-refractivity contribution >= 4 is 5.91 Å². The van der Waals surface area contributed by atoms with Crippen LogP contribution in [0.5, 0.6) is 0 Å². The minimum Gasteiger partial charge on any atom is -0.393 e. The summed E-state index contributed by atoms with van der Waals surface area (Å²) in [5.41, 5.74) is -0.164. The van der Waals surface area contributed by atoms with Gasteiger partial charge in [0.1, 0.15) is 0 Å². The topological polar surface area (TPSA) is 61.4 Å². The number of aliphatic hydroxyl groups is 1. The van der Waals surface area contributed by atoms with E-state index in [0.29, 0.717) is 5.92 Å². The predicted octanol–water partition coefficient (Wildman–Crippen LogP) is 1.43. The van der Waals surface area contributed by atoms with Crippen LogP contribution >= 0.6 is 0 Å². The van der Waals surface area contributed by atoms with Crippen LogP contribution in [-0.2, 0) is 4.79 Å². The molecule has 1 aliphatic heterocycles. The number of nitrogens with one attached hydrogen (secondary N) is 2. The third-order valence-electron chi connectivity index (χ3n) is 4.82. The van der Waals surface area contributed by atoms with E-state index in [0.717, 1.165) is 64.6 Å². The Labute approximate surface area is 116 Å². The molecule has 2 rings (SSSR count). The lowest BCUT2D eigenvalue weighted by molar-refractivity contribution is -0.130. The van der Waals surface area contributed by atoms with Crippen molar-refractivity contribution < 1.29 is 9.90 Å². The molecule has 110 valence electrons. The van der Waals surface area contributed by atoms with Crippen LogP contribution in [0.2, 0.25) is 0 Å². The van der Waals surface area contributed by atoms with Crippen molar-refractivity contribution in [2.45, 2.75) is 58.0 Å². The van der Waals surface area contributed by atoms with Crippen LogP contribution < -0.4 is 10.6 Å². The minimum absolute atomic E-state index is 0.114. The van der Waals surface area contributed by atoms with Gasteiger partial charge in [-0.1, -0.05) is 13.3 Å². The highest BCUT2D eigenvalue weighted by atomic mass is 16.3. The van der Waals surface area contributed by atoms with Gasteiger partial charge in [-0.3, -0.25) is 4.79 Å². The maximum absolute atomic E-state index is 12.5. The summed E-state index contributed by atoms with van der Waals surface area (Å²) in [6.45, 7) is 4.73. The lowest BCUT2D eigenvalue weighted by Crippen LogP contribution is -2.44. The molecule has 1 saturated carbocycles. The second kappa shape index (κ2) is 6.71. The van der Waals surface area contributed by atoms with Gasteiger partial charge < -0.3 is 15.7 Å². The van der Waals surface area contributed by atoms with Crippen molar-refractivity contribution in [3.63, 3.8) is 0 Å². The average Bonchev–Trinajstić information content (AvgIpc) is 2.88. The monoisotopic (exact) mass is 268 g/mol. The first-order chi connectivity index (χ1) is 9.16. The van der Waals surface area contributed by atoms with Crippen molar-refractivity contribution in [1.29, 1.82) is 0 Å². The third kappa shape index (κ3) is 3.69. The number of carbonyl (C=O) groups excluding carboxylic acids is 1. The van der Waals surface area contributed by atoms with E-state index in [9.17, 15) is 9.90 Å². The van der Waals surface area contributed by atoms with Gasteiger partial charge in [-0.05, 0) is 51.0 Å². The Morgan fingerprint density at radius 3 is 2.68 bits per heavy atom. The Morgan fingerprint density at radius 1 is 1.37 bits per heavy atom. The molecule has 1 saturated heterocycles. The van der Waals surface area contributed by atoms with Gasteiger partial charge in [-0.2, -0.15) is 0 Å². The van der Waals surface area contributed by atoms with E-state index >= 15 is 0 Å². The van der Waals surface area contributed by atoms with E-state index in [1.54, 1.807) is 0 Å². The summed E-state index contributed by atoms with van der Waals surface area (Å²) in [7, 11) is 0. The fourth-order valence-electron chi connectivity index (χ4n) is 3.52. The summed E-state index contributed by atoms with van der Waals surface area (Å²) < 4.78 is 0. The summed E-state index contributed by atoms with van der Waals surface area (Å²) in [6, 6.07) is 0. The third-order valence-corrected chi connectivity index (χ3v) is 4.82. The summed E-state index contributed by atoms with van der Waals surface area (Å²) >= 11 is 0. The van der Waals surface area contributed by atoms with Gasteiger partial charge in [0.15, 0.2) is 0 Å². The van der Waals surface area contributed by atoms with Gasteiger partial charge in [-0.15, -0.1) is 0 Å². The normalized spacial score (nSPS) is 35.3. The van der Waals surface area contributed by atoms with Gasteiger partial charge in [-0.25, -0.2) is 0 Å². The highest BCUT2D eigenvalue weighted by molar-refractivity contribution is 5.83. The van der Waals surface area contributed by atoms with Crippen molar-refractivity contribution in [2.24, 2.45) is 11.3 Å². The maximum Gasteiger partial charge on any atom is 0.227 e. The van der Waals surface area contributed by atoms with Crippen molar-refractivity contribution in [3.05, 3.63) is 0 Å². The molecule has 1 amide bonds.